The molecule has 0 aromatic rings. The van der Waals surface area contributed by atoms with E-state index in [-0.39, 0.29) is 5.24 Å². The Hall–Kier alpha value is -0.180. The molecule has 0 unspecified atom stereocenters. The normalized spacial score (nSPS) is 17.6. The molecule has 0 N–H and O–H groups in total. The molecule has 0 atom stereocenters. The lowest BCUT2D eigenvalue weighted by Crippen LogP contribution is -2.25. The molecule has 1 fully saturated rings. The summed E-state index contributed by atoms with van der Waals surface area (Å²) >= 11 is 3.73. The Balaban J connectivity index is 2.05. The quantitative estimate of drug-likeness (QED) is 0.648. The van der Waals surface area contributed by atoms with Gasteiger partial charge >= 0.3 is 0 Å². The zero-order valence-electron chi connectivity index (χ0n) is 6.92. The van der Waals surface area contributed by atoms with Crippen LogP contribution in [0.2, 0.25) is 0 Å². The Morgan fingerprint density at radius 1 is 1.64 bits per heavy atom. The van der Waals surface area contributed by atoms with Gasteiger partial charge in [0.25, 0.3) is 5.24 Å². The molecule has 0 aromatic carbocycles. The van der Waals surface area contributed by atoms with Crippen LogP contribution >= 0.6 is 12.6 Å². The van der Waals surface area contributed by atoms with Crippen molar-refractivity contribution in [3.8, 4) is 0 Å². The first-order valence-electron chi connectivity index (χ1n) is 4.14. The molecule has 11 heavy (non-hydrogen) atoms. The SMILES string of the molecule is CN(CCC1CCC1)C(=O)S. The predicted octanol–water partition coefficient (Wildman–Crippen LogP) is 2.16. The van der Waals surface area contributed by atoms with E-state index in [2.05, 4.69) is 12.6 Å². The average Bonchev–Trinajstić information content (AvgIpc) is 1.83. The van der Waals surface area contributed by atoms with E-state index in [1.54, 1.807) is 11.9 Å². The summed E-state index contributed by atoms with van der Waals surface area (Å²) in [7, 11) is 1.80. The van der Waals surface area contributed by atoms with Crippen LogP contribution in [0.5, 0.6) is 0 Å². The van der Waals surface area contributed by atoms with Gasteiger partial charge in [-0.1, -0.05) is 31.9 Å². The second kappa shape index (κ2) is 4.00. The Morgan fingerprint density at radius 2 is 2.27 bits per heavy atom. The van der Waals surface area contributed by atoms with Crippen molar-refractivity contribution in [1.82, 2.24) is 4.90 Å². The van der Waals surface area contributed by atoms with E-state index >= 15 is 0 Å². The number of hydrogen-bond acceptors (Lipinski definition) is 1. The summed E-state index contributed by atoms with van der Waals surface area (Å²) in [4.78, 5) is 12.3. The fourth-order valence-electron chi connectivity index (χ4n) is 1.25. The molecule has 64 valence electrons. The van der Waals surface area contributed by atoms with E-state index < -0.39 is 0 Å². The van der Waals surface area contributed by atoms with Crippen LogP contribution < -0.4 is 0 Å². The summed E-state index contributed by atoms with van der Waals surface area (Å²) in [5.74, 6) is 0.880. The van der Waals surface area contributed by atoms with Crippen LogP contribution in [0.3, 0.4) is 0 Å². The Kier molecular flexibility index (Phi) is 3.24. The van der Waals surface area contributed by atoms with E-state index in [1.807, 2.05) is 0 Å². The number of rotatable bonds is 3. The molecule has 0 aromatic heterocycles. The summed E-state index contributed by atoms with van der Waals surface area (Å²) in [5.41, 5.74) is 0. The van der Waals surface area contributed by atoms with Gasteiger partial charge in [0.05, 0.1) is 0 Å². The van der Waals surface area contributed by atoms with Gasteiger partial charge in [0, 0.05) is 13.6 Å². The van der Waals surface area contributed by atoms with Gasteiger partial charge in [-0.3, -0.25) is 4.79 Å². The summed E-state index contributed by atoms with van der Waals surface area (Å²) in [5, 5.41) is -0.121. The first-order chi connectivity index (χ1) is 5.20. The minimum absolute atomic E-state index is 0.121. The monoisotopic (exact) mass is 173 g/mol. The molecule has 1 rings (SSSR count). The highest BCUT2D eigenvalue weighted by Gasteiger charge is 2.17. The summed E-state index contributed by atoms with van der Waals surface area (Å²) in [6.07, 6.45) is 5.25. The van der Waals surface area contributed by atoms with Gasteiger partial charge in [0.15, 0.2) is 0 Å². The molecule has 0 heterocycles. The fraction of sp³-hybridized carbons (Fsp3) is 0.875. The zero-order valence-corrected chi connectivity index (χ0v) is 7.81. The third kappa shape index (κ3) is 2.73. The van der Waals surface area contributed by atoms with Crippen molar-refractivity contribution in [1.29, 1.82) is 0 Å². The molecule has 0 spiro atoms. The van der Waals surface area contributed by atoms with Crippen LogP contribution in [0, 0.1) is 5.92 Å². The third-order valence-corrected chi connectivity index (χ3v) is 2.77. The van der Waals surface area contributed by atoms with Gasteiger partial charge < -0.3 is 4.90 Å². The summed E-state index contributed by atoms with van der Waals surface area (Å²) in [6, 6.07) is 0. The van der Waals surface area contributed by atoms with E-state index in [0.29, 0.717) is 0 Å². The second-order valence-corrected chi connectivity index (χ2v) is 3.67. The molecule has 0 bridgehead atoms. The molecule has 1 aliphatic carbocycles. The maximum Gasteiger partial charge on any atom is 0.278 e. The van der Waals surface area contributed by atoms with Crippen molar-refractivity contribution >= 4 is 17.9 Å². The van der Waals surface area contributed by atoms with E-state index in [9.17, 15) is 4.79 Å². The first kappa shape index (κ1) is 8.91. The maximum atomic E-state index is 10.7. The third-order valence-electron chi connectivity index (χ3n) is 2.42. The molecule has 0 saturated heterocycles. The standard InChI is InChI=1S/C8H15NOS/c1-9(8(10)11)6-5-7-3-2-4-7/h7H,2-6H2,1H3,(H,10,11). The topological polar surface area (TPSA) is 20.3 Å². The number of carbonyl (C=O) groups is 1. The van der Waals surface area contributed by atoms with Gasteiger partial charge in [-0.2, -0.15) is 0 Å². The van der Waals surface area contributed by atoms with Crippen molar-refractivity contribution in [2.45, 2.75) is 25.7 Å². The maximum absolute atomic E-state index is 10.7. The minimum Gasteiger partial charge on any atom is -0.337 e. The Labute approximate surface area is 73.4 Å². The molecule has 3 heteroatoms. The number of thiol groups is 1. The van der Waals surface area contributed by atoms with Gasteiger partial charge in [-0.25, -0.2) is 0 Å². The molecule has 0 aliphatic heterocycles. The highest BCUT2D eigenvalue weighted by molar-refractivity contribution is 7.96. The van der Waals surface area contributed by atoms with Crippen molar-refractivity contribution in [2.75, 3.05) is 13.6 Å². The summed E-state index contributed by atoms with van der Waals surface area (Å²) < 4.78 is 0. The van der Waals surface area contributed by atoms with Crippen LogP contribution in [0.1, 0.15) is 25.7 Å². The van der Waals surface area contributed by atoms with E-state index in [1.165, 1.54) is 19.3 Å². The largest absolute Gasteiger partial charge is 0.337 e. The Bertz CT molecular complexity index is 145. The molecule has 1 amide bonds. The van der Waals surface area contributed by atoms with Crippen molar-refractivity contribution in [3.63, 3.8) is 0 Å². The molecular formula is C8H15NOS. The number of hydrogen-bond donors (Lipinski definition) is 1. The Morgan fingerprint density at radius 3 is 2.64 bits per heavy atom. The van der Waals surface area contributed by atoms with Crippen molar-refractivity contribution in [2.24, 2.45) is 5.92 Å². The second-order valence-electron chi connectivity index (χ2n) is 3.29. The fourth-order valence-corrected chi connectivity index (χ4v) is 1.35. The number of amides is 1. The molecular weight excluding hydrogens is 158 g/mol. The van der Waals surface area contributed by atoms with Crippen LogP contribution in [-0.4, -0.2) is 23.7 Å². The molecule has 1 aliphatic rings. The van der Waals surface area contributed by atoms with Gasteiger partial charge in [0.2, 0.25) is 0 Å². The smallest absolute Gasteiger partial charge is 0.278 e. The van der Waals surface area contributed by atoms with Crippen LogP contribution in [0.4, 0.5) is 4.79 Å². The molecule has 1 saturated carbocycles. The molecule has 0 radical (unpaired) electrons. The number of nitrogens with zero attached hydrogens (tertiary/aromatic N) is 1. The first-order valence-corrected chi connectivity index (χ1v) is 4.59. The van der Waals surface area contributed by atoms with Gasteiger partial charge in [-0.15, -0.1) is 0 Å². The lowest BCUT2D eigenvalue weighted by molar-refractivity contribution is 0.220. The summed E-state index contributed by atoms with van der Waals surface area (Å²) in [6.45, 7) is 0.868. The van der Waals surface area contributed by atoms with E-state index in [0.717, 1.165) is 18.9 Å². The zero-order chi connectivity index (χ0) is 8.27. The minimum atomic E-state index is -0.121. The van der Waals surface area contributed by atoms with Crippen LogP contribution in [0.15, 0.2) is 0 Å². The van der Waals surface area contributed by atoms with E-state index in [4.69, 9.17) is 0 Å². The highest BCUT2D eigenvalue weighted by atomic mass is 32.1. The van der Waals surface area contributed by atoms with Gasteiger partial charge in [0.1, 0.15) is 0 Å². The number of carbonyl (C=O) groups excluding carboxylic acids is 1. The van der Waals surface area contributed by atoms with Crippen LogP contribution in [-0.2, 0) is 0 Å². The predicted molar refractivity (Wildman–Crippen MR) is 49.0 cm³/mol. The highest BCUT2D eigenvalue weighted by Crippen LogP contribution is 2.29. The van der Waals surface area contributed by atoms with Crippen molar-refractivity contribution < 1.29 is 4.79 Å². The van der Waals surface area contributed by atoms with Crippen molar-refractivity contribution in [3.05, 3.63) is 0 Å². The molecule has 2 nitrogen and oxygen atoms in total. The van der Waals surface area contributed by atoms with Crippen LogP contribution in [0.25, 0.3) is 0 Å². The average molecular weight is 173 g/mol. The lowest BCUT2D eigenvalue weighted by atomic mass is 9.83. The van der Waals surface area contributed by atoms with Gasteiger partial charge in [-0.05, 0) is 12.3 Å². The lowest BCUT2D eigenvalue weighted by Gasteiger charge is -2.27.